The van der Waals surface area contributed by atoms with Crippen molar-refractivity contribution < 1.29 is 49.4 Å². The van der Waals surface area contributed by atoms with Gasteiger partial charge < -0.3 is 15.7 Å². The average molecular weight is 514 g/mol. The van der Waals surface area contributed by atoms with Gasteiger partial charge in [-0.2, -0.15) is 39.5 Å². The number of carbonyl (C=O) groups is 1. The molecule has 0 aliphatic heterocycles. The van der Waals surface area contributed by atoms with E-state index in [1.165, 1.54) is 24.3 Å². The molecule has 1 aliphatic rings. The molecule has 1 aliphatic carbocycles. The average Bonchev–Trinajstić information content (AvgIpc) is 3.59. The lowest BCUT2D eigenvalue weighted by Gasteiger charge is -2.32. The molecule has 0 radical (unpaired) electrons. The Morgan fingerprint density at radius 3 is 1.74 bits per heavy atom. The molecule has 0 aromatic heterocycles. The van der Waals surface area contributed by atoms with E-state index in [-0.39, 0.29) is 42.3 Å². The Morgan fingerprint density at radius 2 is 1.31 bits per heavy atom. The van der Waals surface area contributed by atoms with Crippen molar-refractivity contribution >= 4 is 11.6 Å². The summed E-state index contributed by atoms with van der Waals surface area (Å²) in [6.07, 6.45) is -14.8. The third-order valence-electron chi connectivity index (χ3n) is 5.45. The monoisotopic (exact) mass is 514 g/mol. The number of anilines is 1. The van der Waals surface area contributed by atoms with Crippen LogP contribution in [-0.4, -0.2) is 23.7 Å². The Bertz CT molecular complexity index is 1030. The van der Waals surface area contributed by atoms with E-state index >= 15 is 0 Å². The number of benzene rings is 2. The summed E-state index contributed by atoms with van der Waals surface area (Å²) in [5.41, 5.74) is -9.05. The Balaban J connectivity index is 1.84. The molecule has 1 atom stereocenters. The molecule has 13 heteroatoms. The molecule has 1 amide bonds. The van der Waals surface area contributed by atoms with Gasteiger partial charge in [-0.3, -0.25) is 4.79 Å². The highest BCUT2D eigenvalue weighted by Gasteiger charge is 2.56. The maximum atomic E-state index is 13.8. The van der Waals surface area contributed by atoms with Gasteiger partial charge >= 0.3 is 18.5 Å². The minimum atomic E-state index is -5.62. The van der Waals surface area contributed by atoms with Gasteiger partial charge in [0.05, 0.1) is 17.7 Å². The number of nitrogens with one attached hydrogen (secondary N) is 2. The van der Waals surface area contributed by atoms with Crippen molar-refractivity contribution in [1.82, 2.24) is 5.32 Å². The standard InChI is InChI=1S/C22H19F9N2O2/c23-20(24,25)15-7-14(8-16(9-15)21(26,27)28)19(35,22(29,30)31)11-33-17-5-1-12(2-6-17)10-32-18(34)13-3-4-13/h1-2,5-9,13,33,35H,3-4,10-11H2,(H,32,34)/t19-/m1/s1. The second kappa shape index (κ2) is 9.25. The predicted molar refractivity (Wildman–Crippen MR) is 106 cm³/mol. The SMILES string of the molecule is O=C(NCc1ccc(NC[C@@](O)(c2cc(C(F)(F)F)cc(C(F)(F)F)c2)C(F)(F)F)cc1)C1CC1. The smallest absolute Gasteiger partial charge is 0.381 e. The van der Waals surface area contributed by atoms with E-state index in [0.717, 1.165) is 12.8 Å². The first-order valence-electron chi connectivity index (χ1n) is 10.2. The van der Waals surface area contributed by atoms with Crippen LogP contribution < -0.4 is 10.6 Å². The van der Waals surface area contributed by atoms with Crippen LogP contribution in [0.4, 0.5) is 45.2 Å². The molecule has 0 saturated heterocycles. The van der Waals surface area contributed by atoms with E-state index in [2.05, 4.69) is 10.6 Å². The number of carbonyl (C=O) groups excluding carboxylic acids is 1. The van der Waals surface area contributed by atoms with Crippen LogP contribution in [0.2, 0.25) is 0 Å². The van der Waals surface area contributed by atoms with Crippen molar-refractivity contribution in [3.63, 3.8) is 0 Å². The van der Waals surface area contributed by atoms with Crippen LogP contribution in [0.25, 0.3) is 0 Å². The predicted octanol–water partition coefficient (Wildman–Crippen LogP) is 5.61. The number of hydrogen-bond acceptors (Lipinski definition) is 3. The number of halogens is 9. The van der Waals surface area contributed by atoms with Crippen LogP contribution in [0.5, 0.6) is 0 Å². The first kappa shape index (κ1) is 26.6. The first-order chi connectivity index (χ1) is 16.0. The highest BCUT2D eigenvalue weighted by atomic mass is 19.4. The van der Waals surface area contributed by atoms with Crippen molar-refractivity contribution in [3.8, 4) is 0 Å². The third kappa shape index (κ3) is 6.38. The van der Waals surface area contributed by atoms with Crippen LogP contribution in [0, 0.1) is 5.92 Å². The number of hydrogen-bond donors (Lipinski definition) is 3. The van der Waals surface area contributed by atoms with Gasteiger partial charge in [-0.25, -0.2) is 0 Å². The Hall–Kier alpha value is -2.96. The molecule has 0 unspecified atom stereocenters. The molecular formula is C22H19F9N2O2. The van der Waals surface area contributed by atoms with Gasteiger partial charge in [0, 0.05) is 18.2 Å². The zero-order valence-corrected chi connectivity index (χ0v) is 17.7. The summed E-state index contributed by atoms with van der Waals surface area (Å²) in [5.74, 6) is -0.147. The van der Waals surface area contributed by atoms with Crippen molar-refractivity contribution in [2.24, 2.45) is 5.92 Å². The van der Waals surface area contributed by atoms with E-state index < -0.39 is 47.4 Å². The summed E-state index contributed by atoms with van der Waals surface area (Å²) in [7, 11) is 0. The maximum absolute atomic E-state index is 13.8. The summed E-state index contributed by atoms with van der Waals surface area (Å²) in [4.78, 5) is 11.7. The highest BCUT2D eigenvalue weighted by molar-refractivity contribution is 5.80. The fourth-order valence-electron chi connectivity index (χ4n) is 3.21. The molecule has 35 heavy (non-hydrogen) atoms. The lowest BCUT2D eigenvalue weighted by atomic mass is 9.89. The lowest BCUT2D eigenvalue weighted by Crippen LogP contribution is -2.48. The van der Waals surface area contributed by atoms with Gasteiger partial charge in [-0.15, -0.1) is 0 Å². The fraction of sp³-hybridized carbons (Fsp3) is 0.409. The molecule has 1 saturated carbocycles. The molecule has 2 aromatic carbocycles. The summed E-state index contributed by atoms with van der Waals surface area (Å²) < 4.78 is 120. The first-order valence-corrected chi connectivity index (χ1v) is 10.2. The highest BCUT2D eigenvalue weighted by Crippen LogP contribution is 2.44. The Morgan fingerprint density at radius 1 is 0.829 bits per heavy atom. The van der Waals surface area contributed by atoms with Gasteiger partial charge in [-0.05, 0) is 54.3 Å². The lowest BCUT2D eigenvalue weighted by molar-refractivity contribution is -0.261. The summed E-state index contributed by atoms with van der Waals surface area (Å²) >= 11 is 0. The van der Waals surface area contributed by atoms with Gasteiger partial charge in [-0.1, -0.05) is 12.1 Å². The second-order valence-corrected chi connectivity index (χ2v) is 8.20. The van der Waals surface area contributed by atoms with Crippen LogP contribution in [0.1, 0.15) is 35.1 Å². The molecule has 192 valence electrons. The number of rotatable bonds is 7. The zero-order chi connectivity index (χ0) is 26.2. The largest absolute Gasteiger partial charge is 0.423 e. The number of alkyl halides is 9. The van der Waals surface area contributed by atoms with Crippen molar-refractivity contribution in [2.75, 3.05) is 11.9 Å². The number of amides is 1. The molecule has 2 aromatic rings. The molecule has 0 heterocycles. The Labute approximate surface area is 193 Å². The van der Waals surface area contributed by atoms with Crippen molar-refractivity contribution in [2.45, 2.75) is 43.5 Å². The normalized spacial score (nSPS) is 16.5. The fourth-order valence-corrected chi connectivity index (χ4v) is 3.21. The van der Waals surface area contributed by atoms with Crippen LogP contribution in [0.3, 0.4) is 0 Å². The van der Waals surface area contributed by atoms with E-state index in [0.29, 0.717) is 5.56 Å². The van der Waals surface area contributed by atoms with E-state index in [9.17, 15) is 49.4 Å². The maximum Gasteiger partial charge on any atom is 0.423 e. The summed E-state index contributed by atoms with van der Waals surface area (Å²) in [6.45, 7) is -1.31. The van der Waals surface area contributed by atoms with Crippen molar-refractivity contribution in [1.29, 1.82) is 0 Å². The molecule has 1 fully saturated rings. The molecule has 3 N–H and O–H groups in total. The van der Waals surface area contributed by atoms with Gasteiger partial charge in [0.2, 0.25) is 11.5 Å². The quantitative estimate of drug-likeness (QED) is 0.421. The minimum absolute atomic E-state index is 0.00738. The van der Waals surface area contributed by atoms with Crippen LogP contribution in [0.15, 0.2) is 42.5 Å². The topological polar surface area (TPSA) is 61.4 Å². The Kier molecular flexibility index (Phi) is 7.04. The zero-order valence-electron chi connectivity index (χ0n) is 17.7. The van der Waals surface area contributed by atoms with Gasteiger partial charge in [0.25, 0.3) is 0 Å². The van der Waals surface area contributed by atoms with Crippen molar-refractivity contribution in [3.05, 3.63) is 64.7 Å². The van der Waals surface area contributed by atoms with Crippen LogP contribution >= 0.6 is 0 Å². The summed E-state index contributed by atoms with van der Waals surface area (Å²) in [5, 5.41) is 15.2. The third-order valence-corrected chi connectivity index (χ3v) is 5.45. The molecular weight excluding hydrogens is 495 g/mol. The molecule has 0 spiro atoms. The minimum Gasteiger partial charge on any atom is -0.381 e. The van der Waals surface area contributed by atoms with Crippen LogP contribution in [-0.2, 0) is 29.3 Å². The molecule has 4 nitrogen and oxygen atoms in total. The number of aliphatic hydroxyl groups is 1. The van der Waals surface area contributed by atoms with E-state index in [1.54, 1.807) is 0 Å². The van der Waals surface area contributed by atoms with E-state index in [1.807, 2.05) is 0 Å². The van der Waals surface area contributed by atoms with Gasteiger partial charge in [0.1, 0.15) is 0 Å². The summed E-state index contributed by atoms with van der Waals surface area (Å²) in [6, 6.07) is 4.86. The molecule has 0 bridgehead atoms. The van der Waals surface area contributed by atoms with Gasteiger partial charge in [0.15, 0.2) is 0 Å². The second-order valence-electron chi connectivity index (χ2n) is 8.20. The van der Waals surface area contributed by atoms with E-state index in [4.69, 9.17) is 0 Å². The molecule has 3 rings (SSSR count).